The summed E-state index contributed by atoms with van der Waals surface area (Å²) >= 11 is 0. The molecule has 0 aliphatic carbocycles. The largest absolute Gasteiger partial charge is 0.431 e. The molecule has 0 spiro atoms. The Morgan fingerprint density at radius 2 is 1.65 bits per heavy atom. The Morgan fingerprint density at radius 3 is 2.29 bits per heavy atom. The smallest absolute Gasteiger partial charge is 0.275 e. The molecule has 2 aromatic carbocycles. The second-order valence-electron chi connectivity index (χ2n) is 8.85. The first-order valence-corrected chi connectivity index (χ1v) is 12.9. The minimum atomic E-state index is -3.95. The number of sulfonamides is 1. The molecule has 0 atom stereocenters. The first kappa shape index (κ1) is 23.9. The van der Waals surface area contributed by atoms with E-state index in [-0.39, 0.29) is 16.6 Å². The zero-order valence-electron chi connectivity index (χ0n) is 19.4. The van der Waals surface area contributed by atoms with Crippen LogP contribution in [0.5, 0.6) is 0 Å². The highest BCUT2D eigenvalue weighted by Crippen LogP contribution is 2.35. The molecule has 0 bridgehead atoms. The van der Waals surface area contributed by atoms with Crippen molar-refractivity contribution in [2.45, 2.75) is 18.7 Å². The molecule has 0 unspecified atom stereocenters. The Kier molecular flexibility index (Phi) is 7.28. The monoisotopic (exact) mass is 482 g/mol. The van der Waals surface area contributed by atoms with Gasteiger partial charge in [0.15, 0.2) is 6.54 Å². The van der Waals surface area contributed by atoms with Gasteiger partial charge in [-0.25, -0.2) is 13.4 Å². The molecular weight excluding hydrogens is 452 g/mol. The van der Waals surface area contributed by atoms with E-state index in [0.29, 0.717) is 48.9 Å². The van der Waals surface area contributed by atoms with Gasteiger partial charge in [-0.3, -0.25) is 4.79 Å². The third kappa shape index (κ3) is 5.81. The highest BCUT2D eigenvalue weighted by atomic mass is 32.2. The number of para-hydroxylation sites is 2. The fourth-order valence-electron chi connectivity index (χ4n) is 3.83. The standard InChI is InChI=1S/C24H30N6O3S/c1-18(2)16-25-22(31)17-29-12-14-30(15-13-29)24-23(26-20-10-6-7-11-21(20)27-24)28-34(32,33)19-8-4-3-5-9-19/h3-11,18H,12-17H2,1-2H3,(H2,25,26,28,31). The maximum atomic E-state index is 13.0. The lowest BCUT2D eigenvalue weighted by Gasteiger charge is -2.35. The SMILES string of the molecule is CC(C)CNC(=O)C[NH+]1CCN(c2nc3ccccc3nc2[N-]S(=O)(=O)c2ccccc2)CC1. The number of piperazine rings is 1. The van der Waals surface area contributed by atoms with Gasteiger partial charge < -0.3 is 24.8 Å². The van der Waals surface area contributed by atoms with E-state index in [1.807, 2.05) is 23.1 Å². The lowest BCUT2D eigenvalue weighted by Crippen LogP contribution is -3.16. The van der Waals surface area contributed by atoms with Gasteiger partial charge in [-0.15, -0.1) is 0 Å². The summed E-state index contributed by atoms with van der Waals surface area (Å²) in [4.78, 5) is 24.8. The summed E-state index contributed by atoms with van der Waals surface area (Å²) in [5.74, 6) is 0.992. The van der Waals surface area contributed by atoms with Crippen LogP contribution in [0.1, 0.15) is 13.8 Å². The molecule has 4 rings (SSSR count). The molecule has 1 aromatic heterocycles. The Morgan fingerprint density at radius 1 is 1.03 bits per heavy atom. The fourth-order valence-corrected chi connectivity index (χ4v) is 4.79. The van der Waals surface area contributed by atoms with Gasteiger partial charge in [-0.05, 0) is 35.5 Å². The molecule has 10 heteroatoms. The summed E-state index contributed by atoms with van der Waals surface area (Å²) < 4.78 is 30.0. The van der Waals surface area contributed by atoms with E-state index in [2.05, 4.69) is 28.9 Å². The zero-order valence-corrected chi connectivity index (χ0v) is 20.3. The summed E-state index contributed by atoms with van der Waals surface area (Å²) in [6.07, 6.45) is 0. The van der Waals surface area contributed by atoms with E-state index >= 15 is 0 Å². The number of nitrogens with one attached hydrogen (secondary N) is 2. The average molecular weight is 483 g/mol. The highest BCUT2D eigenvalue weighted by molar-refractivity contribution is 7.94. The van der Waals surface area contributed by atoms with Gasteiger partial charge in [0, 0.05) is 6.54 Å². The van der Waals surface area contributed by atoms with Gasteiger partial charge in [-0.2, -0.15) is 0 Å². The number of quaternary nitrogens is 1. The third-order valence-electron chi connectivity index (χ3n) is 5.67. The van der Waals surface area contributed by atoms with Crippen molar-refractivity contribution in [3.8, 4) is 0 Å². The lowest BCUT2D eigenvalue weighted by atomic mass is 10.2. The van der Waals surface area contributed by atoms with Crippen molar-refractivity contribution < 1.29 is 18.1 Å². The van der Waals surface area contributed by atoms with Crippen molar-refractivity contribution >= 4 is 38.6 Å². The van der Waals surface area contributed by atoms with Gasteiger partial charge in [-0.1, -0.05) is 50.2 Å². The van der Waals surface area contributed by atoms with Crippen LogP contribution in [-0.2, 0) is 14.8 Å². The number of fused-ring (bicyclic) bond motifs is 1. The predicted octanol–water partition coefficient (Wildman–Crippen LogP) is 1.50. The maximum absolute atomic E-state index is 13.0. The number of amides is 1. The molecule has 9 nitrogen and oxygen atoms in total. The fraction of sp³-hybridized carbons (Fsp3) is 0.375. The minimum Gasteiger partial charge on any atom is -0.431 e. The summed E-state index contributed by atoms with van der Waals surface area (Å²) in [5.41, 5.74) is 1.26. The number of nitrogens with zero attached hydrogens (tertiary/aromatic N) is 4. The van der Waals surface area contributed by atoms with Gasteiger partial charge in [0.1, 0.15) is 5.82 Å². The quantitative estimate of drug-likeness (QED) is 0.504. The Bertz CT molecular complexity index is 1240. The van der Waals surface area contributed by atoms with Crippen LogP contribution in [0, 0.1) is 5.92 Å². The molecular formula is C24H30N6O3S. The second-order valence-corrected chi connectivity index (χ2v) is 10.5. The number of anilines is 1. The molecule has 2 heterocycles. The molecule has 1 amide bonds. The Balaban J connectivity index is 1.54. The van der Waals surface area contributed by atoms with E-state index in [0.717, 1.165) is 13.1 Å². The molecule has 1 saturated heterocycles. The zero-order chi connectivity index (χ0) is 24.1. The normalized spacial score (nSPS) is 15.0. The predicted molar refractivity (Wildman–Crippen MR) is 132 cm³/mol. The number of carbonyl (C=O) groups excluding carboxylic acids is 1. The Labute approximate surface area is 200 Å². The van der Waals surface area contributed by atoms with Crippen LogP contribution < -0.4 is 15.1 Å². The molecule has 2 N–H and O–H groups in total. The van der Waals surface area contributed by atoms with Gasteiger partial charge in [0.2, 0.25) is 10.0 Å². The van der Waals surface area contributed by atoms with E-state index in [1.165, 1.54) is 17.0 Å². The maximum Gasteiger partial charge on any atom is 0.275 e. The van der Waals surface area contributed by atoms with Crippen molar-refractivity contribution in [1.82, 2.24) is 15.3 Å². The molecule has 1 aliphatic rings. The highest BCUT2D eigenvalue weighted by Gasteiger charge is 2.24. The number of benzene rings is 2. The van der Waals surface area contributed by atoms with E-state index in [1.54, 1.807) is 24.3 Å². The summed E-state index contributed by atoms with van der Waals surface area (Å²) in [7, 11) is -3.95. The summed E-state index contributed by atoms with van der Waals surface area (Å²) in [6.45, 7) is 7.92. The molecule has 1 aliphatic heterocycles. The third-order valence-corrected chi connectivity index (χ3v) is 6.95. The topological polar surface area (TPSA) is 111 Å². The van der Waals surface area contributed by atoms with Crippen LogP contribution in [0.2, 0.25) is 0 Å². The molecule has 180 valence electrons. The first-order chi connectivity index (χ1) is 16.3. The summed E-state index contributed by atoms with van der Waals surface area (Å²) in [6, 6.07) is 15.4. The number of hydrogen-bond donors (Lipinski definition) is 2. The van der Waals surface area contributed by atoms with Crippen LogP contribution in [0.4, 0.5) is 11.6 Å². The van der Waals surface area contributed by atoms with Gasteiger partial charge in [0.25, 0.3) is 5.91 Å². The summed E-state index contributed by atoms with van der Waals surface area (Å²) in [5, 5.41) is 2.97. The van der Waals surface area contributed by atoms with Crippen LogP contribution in [-0.4, -0.2) is 63.6 Å². The minimum absolute atomic E-state index is 0.0484. The lowest BCUT2D eigenvalue weighted by molar-refractivity contribution is -0.892. The van der Waals surface area contributed by atoms with Crippen molar-refractivity contribution in [1.29, 1.82) is 0 Å². The number of aromatic nitrogens is 2. The molecule has 34 heavy (non-hydrogen) atoms. The molecule has 0 saturated carbocycles. The van der Waals surface area contributed by atoms with Crippen LogP contribution in [0.3, 0.4) is 0 Å². The van der Waals surface area contributed by atoms with Crippen LogP contribution >= 0.6 is 0 Å². The van der Waals surface area contributed by atoms with Crippen molar-refractivity contribution in [2.24, 2.45) is 5.92 Å². The van der Waals surface area contributed by atoms with Crippen LogP contribution in [0.15, 0.2) is 59.5 Å². The average Bonchev–Trinajstić information content (AvgIpc) is 2.83. The number of rotatable bonds is 8. The second kappa shape index (κ2) is 10.4. The van der Waals surface area contributed by atoms with E-state index in [9.17, 15) is 13.2 Å². The first-order valence-electron chi connectivity index (χ1n) is 11.5. The molecule has 1 fully saturated rings. The number of hydrogen-bond acceptors (Lipinski definition) is 6. The van der Waals surface area contributed by atoms with Crippen molar-refractivity contribution in [3.63, 3.8) is 0 Å². The molecule has 0 radical (unpaired) electrons. The number of carbonyl (C=O) groups is 1. The van der Waals surface area contributed by atoms with Gasteiger partial charge >= 0.3 is 0 Å². The molecule has 3 aromatic rings. The van der Waals surface area contributed by atoms with Crippen molar-refractivity contribution in [2.75, 3.05) is 44.2 Å². The van der Waals surface area contributed by atoms with E-state index in [4.69, 9.17) is 4.98 Å². The Hall–Kier alpha value is -3.24. The van der Waals surface area contributed by atoms with Crippen molar-refractivity contribution in [3.05, 3.63) is 59.3 Å². The van der Waals surface area contributed by atoms with E-state index < -0.39 is 10.0 Å². The van der Waals surface area contributed by atoms with Gasteiger partial charge in [0.05, 0.1) is 36.6 Å². The van der Waals surface area contributed by atoms with Crippen LogP contribution in [0.25, 0.3) is 15.8 Å².